The number of benzene rings is 1. The third-order valence-corrected chi connectivity index (χ3v) is 4.37. The SMILES string of the molecule is c1cnc(N2CCN(CCCn3nc4ccccc4n3)CC2)nc1. The summed E-state index contributed by atoms with van der Waals surface area (Å²) in [5.41, 5.74) is 1.93. The highest BCUT2D eigenvalue weighted by Gasteiger charge is 2.18. The van der Waals surface area contributed by atoms with Crippen LogP contribution in [0.1, 0.15) is 6.42 Å². The molecule has 0 N–H and O–H groups in total. The van der Waals surface area contributed by atoms with Crippen molar-refractivity contribution in [3.05, 3.63) is 42.7 Å². The second-order valence-electron chi connectivity index (χ2n) is 6.02. The van der Waals surface area contributed by atoms with Gasteiger partial charge < -0.3 is 4.90 Å². The zero-order valence-corrected chi connectivity index (χ0v) is 13.6. The van der Waals surface area contributed by atoms with Gasteiger partial charge in [-0.05, 0) is 24.6 Å². The fourth-order valence-corrected chi connectivity index (χ4v) is 3.07. The van der Waals surface area contributed by atoms with E-state index < -0.39 is 0 Å². The van der Waals surface area contributed by atoms with Crippen LogP contribution in [0, 0.1) is 0 Å². The summed E-state index contributed by atoms with van der Waals surface area (Å²) >= 11 is 0. The quantitative estimate of drug-likeness (QED) is 0.708. The Kier molecular flexibility index (Phi) is 4.33. The van der Waals surface area contributed by atoms with E-state index in [2.05, 4.69) is 30.0 Å². The van der Waals surface area contributed by atoms with Crippen molar-refractivity contribution in [1.82, 2.24) is 29.9 Å². The van der Waals surface area contributed by atoms with Gasteiger partial charge >= 0.3 is 0 Å². The van der Waals surface area contributed by atoms with Crippen LogP contribution in [0.5, 0.6) is 0 Å². The maximum Gasteiger partial charge on any atom is 0.225 e. The van der Waals surface area contributed by atoms with Crippen molar-refractivity contribution in [2.45, 2.75) is 13.0 Å². The zero-order valence-electron chi connectivity index (χ0n) is 13.6. The highest BCUT2D eigenvalue weighted by Crippen LogP contribution is 2.10. The molecule has 1 aliphatic rings. The Balaban J connectivity index is 1.24. The van der Waals surface area contributed by atoms with Crippen LogP contribution in [-0.2, 0) is 6.54 Å². The minimum absolute atomic E-state index is 0.838. The fourth-order valence-electron chi connectivity index (χ4n) is 3.07. The molecule has 4 rings (SSSR count). The molecule has 1 saturated heterocycles. The molecule has 0 amide bonds. The minimum Gasteiger partial charge on any atom is -0.338 e. The molecular weight excluding hydrogens is 302 g/mol. The van der Waals surface area contributed by atoms with Crippen molar-refractivity contribution in [2.24, 2.45) is 0 Å². The summed E-state index contributed by atoms with van der Waals surface area (Å²) in [5, 5.41) is 9.02. The standard InChI is InChI=1S/C17H21N7/c1-2-6-16-15(5-1)20-24(21-16)10-4-9-22-11-13-23(14-12-22)17-18-7-3-8-19-17/h1-3,5-8H,4,9-14H2. The van der Waals surface area contributed by atoms with E-state index in [1.165, 1.54) is 0 Å². The molecule has 3 aromatic rings. The summed E-state index contributed by atoms with van der Waals surface area (Å²) in [6.07, 6.45) is 4.66. The normalized spacial score (nSPS) is 15.9. The lowest BCUT2D eigenvalue weighted by Gasteiger charge is -2.34. The number of nitrogens with zero attached hydrogens (tertiary/aromatic N) is 7. The van der Waals surface area contributed by atoms with Gasteiger partial charge in [-0.3, -0.25) is 4.90 Å². The van der Waals surface area contributed by atoms with E-state index in [-0.39, 0.29) is 0 Å². The van der Waals surface area contributed by atoms with Gasteiger partial charge in [-0.1, -0.05) is 12.1 Å². The molecule has 0 radical (unpaired) electrons. The van der Waals surface area contributed by atoms with Gasteiger partial charge in [0.05, 0.1) is 6.54 Å². The topological polar surface area (TPSA) is 63.0 Å². The van der Waals surface area contributed by atoms with Gasteiger partial charge in [0.1, 0.15) is 11.0 Å². The van der Waals surface area contributed by atoms with Crippen molar-refractivity contribution >= 4 is 17.0 Å². The number of hydrogen-bond donors (Lipinski definition) is 0. The van der Waals surface area contributed by atoms with Crippen molar-refractivity contribution in [3.8, 4) is 0 Å². The van der Waals surface area contributed by atoms with Crippen molar-refractivity contribution in [1.29, 1.82) is 0 Å². The van der Waals surface area contributed by atoms with Gasteiger partial charge in [-0.25, -0.2) is 9.97 Å². The summed E-state index contributed by atoms with van der Waals surface area (Å²) in [4.78, 5) is 15.2. The van der Waals surface area contributed by atoms with E-state index in [1.807, 2.05) is 35.1 Å². The molecule has 24 heavy (non-hydrogen) atoms. The lowest BCUT2D eigenvalue weighted by molar-refractivity contribution is 0.246. The number of piperazine rings is 1. The first-order chi connectivity index (χ1) is 11.9. The molecule has 0 aliphatic carbocycles. The molecule has 124 valence electrons. The van der Waals surface area contributed by atoms with Crippen molar-refractivity contribution in [2.75, 3.05) is 37.6 Å². The Hall–Kier alpha value is -2.54. The molecule has 7 nitrogen and oxygen atoms in total. The summed E-state index contributed by atoms with van der Waals surface area (Å²) in [6, 6.07) is 9.86. The van der Waals surface area contributed by atoms with Gasteiger partial charge in [-0.15, -0.1) is 0 Å². The van der Waals surface area contributed by atoms with Crippen LogP contribution in [0.4, 0.5) is 5.95 Å². The number of rotatable bonds is 5. The molecular formula is C17H21N7. The van der Waals surface area contributed by atoms with Crippen LogP contribution < -0.4 is 4.90 Å². The smallest absolute Gasteiger partial charge is 0.225 e. The van der Waals surface area contributed by atoms with Gasteiger partial charge in [0.2, 0.25) is 5.95 Å². The molecule has 2 aromatic heterocycles. The van der Waals surface area contributed by atoms with Crippen molar-refractivity contribution < 1.29 is 0 Å². The molecule has 0 unspecified atom stereocenters. The summed E-state index contributed by atoms with van der Waals surface area (Å²) < 4.78 is 0. The van der Waals surface area contributed by atoms with Gasteiger partial charge in [0.25, 0.3) is 0 Å². The maximum absolute atomic E-state index is 4.51. The monoisotopic (exact) mass is 323 g/mol. The number of aryl methyl sites for hydroxylation is 1. The third kappa shape index (κ3) is 3.35. The fraction of sp³-hybridized carbons (Fsp3) is 0.412. The molecule has 0 spiro atoms. The summed E-state index contributed by atoms with van der Waals surface area (Å²) in [6.45, 7) is 5.99. The molecule has 0 bridgehead atoms. The second-order valence-corrected chi connectivity index (χ2v) is 6.02. The Labute approximate surface area is 140 Å². The molecule has 1 aromatic carbocycles. The average molecular weight is 323 g/mol. The van der Waals surface area contributed by atoms with Crippen molar-refractivity contribution in [3.63, 3.8) is 0 Å². The third-order valence-electron chi connectivity index (χ3n) is 4.37. The minimum atomic E-state index is 0.838. The van der Waals surface area contributed by atoms with Crippen LogP contribution in [0.15, 0.2) is 42.7 Å². The largest absolute Gasteiger partial charge is 0.338 e. The highest BCUT2D eigenvalue weighted by atomic mass is 15.5. The van der Waals surface area contributed by atoms with Crippen LogP contribution in [0.25, 0.3) is 11.0 Å². The van der Waals surface area contributed by atoms with E-state index in [1.54, 1.807) is 12.4 Å². The lowest BCUT2D eigenvalue weighted by atomic mass is 10.3. The summed E-state index contributed by atoms with van der Waals surface area (Å²) in [7, 11) is 0. The first kappa shape index (κ1) is 15.0. The maximum atomic E-state index is 4.51. The van der Waals surface area contributed by atoms with Gasteiger partial charge in [-0.2, -0.15) is 15.0 Å². The van der Waals surface area contributed by atoms with E-state index in [9.17, 15) is 0 Å². The lowest BCUT2D eigenvalue weighted by Crippen LogP contribution is -2.47. The molecule has 7 heteroatoms. The number of aromatic nitrogens is 5. The number of fused-ring (bicyclic) bond motifs is 1. The molecule has 0 atom stereocenters. The zero-order chi connectivity index (χ0) is 16.2. The first-order valence-electron chi connectivity index (χ1n) is 8.43. The van der Waals surface area contributed by atoms with Gasteiger partial charge in [0, 0.05) is 45.1 Å². The van der Waals surface area contributed by atoms with Gasteiger partial charge in [0.15, 0.2) is 0 Å². The van der Waals surface area contributed by atoms with Crippen LogP contribution >= 0.6 is 0 Å². The number of hydrogen-bond acceptors (Lipinski definition) is 6. The molecule has 1 aliphatic heterocycles. The Morgan fingerprint density at radius 3 is 2.12 bits per heavy atom. The van der Waals surface area contributed by atoms with Crippen LogP contribution in [-0.4, -0.2) is 62.6 Å². The average Bonchev–Trinajstić information content (AvgIpc) is 3.06. The van der Waals surface area contributed by atoms with Crippen LogP contribution in [0.3, 0.4) is 0 Å². The predicted octanol–water partition coefficient (Wildman–Crippen LogP) is 1.43. The Morgan fingerprint density at radius 1 is 0.792 bits per heavy atom. The van der Waals surface area contributed by atoms with E-state index in [0.717, 1.165) is 62.7 Å². The summed E-state index contributed by atoms with van der Waals surface area (Å²) in [5.74, 6) is 0.838. The van der Waals surface area contributed by atoms with E-state index in [4.69, 9.17) is 0 Å². The van der Waals surface area contributed by atoms with E-state index >= 15 is 0 Å². The van der Waals surface area contributed by atoms with E-state index in [0.29, 0.717) is 0 Å². The highest BCUT2D eigenvalue weighted by molar-refractivity contribution is 5.72. The Bertz CT molecular complexity index is 745. The van der Waals surface area contributed by atoms with Crippen LogP contribution in [0.2, 0.25) is 0 Å². The molecule has 1 fully saturated rings. The second kappa shape index (κ2) is 6.92. The molecule has 3 heterocycles. The Morgan fingerprint density at radius 2 is 1.46 bits per heavy atom. The number of anilines is 1. The first-order valence-corrected chi connectivity index (χ1v) is 8.43. The molecule has 0 saturated carbocycles. The predicted molar refractivity (Wildman–Crippen MR) is 92.8 cm³/mol.